The Kier molecular flexibility index (Phi) is 3.57. The number of aryl methyl sites for hydroxylation is 4. The van der Waals surface area contributed by atoms with Gasteiger partial charge in [-0.3, -0.25) is 4.98 Å². The first-order valence-electron chi connectivity index (χ1n) is 7.94. The lowest BCUT2D eigenvalue weighted by atomic mass is 10.2. The SMILES string of the molecule is Cc1cncc2nc(CCc3nc(-c4ccccc4)cn3C)nn12. The molecule has 0 aliphatic carbocycles. The van der Waals surface area contributed by atoms with Gasteiger partial charge < -0.3 is 4.57 Å². The van der Waals surface area contributed by atoms with Crippen LogP contribution in [0.15, 0.2) is 48.9 Å². The highest BCUT2D eigenvalue weighted by Crippen LogP contribution is 2.18. The zero-order chi connectivity index (χ0) is 16.5. The number of rotatable bonds is 4. The summed E-state index contributed by atoms with van der Waals surface area (Å²) in [7, 11) is 2.03. The van der Waals surface area contributed by atoms with Gasteiger partial charge in [-0.1, -0.05) is 30.3 Å². The topological polar surface area (TPSA) is 60.9 Å². The van der Waals surface area contributed by atoms with E-state index in [1.807, 2.05) is 36.7 Å². The maximum atomic E-state index is 4.75. The van der Waals surface area contributed by atoms with Crippen molar-refractivity contribution in [2.75, 3.05) is 0 Å². The summed E-state index contributed by atoms with van der Waals surface area (Å²) >= 11 is 0. The highest BCUT2D eigenvalue weighted by Gasteiger charge is 2.10. The molecule has 0 atom stereocenters. The average Bonchev–Trinajstić information content (AvgIpc) is 3.18. The first kappa shape index (κ1) is 14.6. The molecule has 120 valence electrons. The molecule has 0 fully saturated rings. The number of hydrogen-bond donors (Lipinski definition) is 0. The van der Waals surface area contributed by atoms with E-state index in [0.29, 0.717) is 0 Å². The van der Waals surface area contributed by atoms with Gasteiger partial charge in [-0.05, 0) is 6.92 Å². The number of hydrogen-bond acceptors (Lipinski definition) is 4. The minimum Gasteiger partial charge on any atom is -0.337 e. The molecule has 0 saturated heterocycles. The molecule has 0 aliphatic heterocycles. The van der Waals surface area contributed by atoms with E-state index in [9.17, 15) is 0 Å². The van der Waals surface area contributed by atoms with E-state index >= 15 is 0 Å². The monoisotopic (exact) mass is 318 g/mol. The van der Waals surface area contributed by atoms with Crippen molar-refractivity contribution in [2.45, 2.75) is 19.8 Å². The largest absolute Gasteiger partial charge is 0.337 e. The second kappa shape index (κ2) is 5.88. The summed E-state index contributed by atoms with van der Waals surface area (Å²) in [6, 6.07) is 10.2. The number of imidazole rings is 1. The predicted molar refractivity (Wildman–Crippen MR) is 91.6 cm³/mol. The van der Waals surface area contributed by atoms with Crippen molar-refractivity contribution in [3.05, 3.63) is 66.3 Å². The molecule has 1 aromatic carbocycles. The van der Waals surface area contributed by atoms with Crippen LogP contribution >= 0.6 is 0 Å². The summed E-state index contributed by atoms with van der Waals surface area (Å²) in [5, 5.41) is 4.55. The first-order valence-corrected chi connectivity index (χ1v) is 7.94. The Balaban J connectivity index is 1.55. The van der Waals surface area contributed by atoms with Crippen molar-refractivity contribution in [3.63, 3.8) is 0 Å². The van der Waals surface area contributed by atoms with Gasteiger partial charge in [0.15, 0.2) is 11.5 Å². The normalized spacial score (nSPS) is 11.2. The van der Waals surface area contributed by atoms with Crippen LogP contribution in [0.2, 0.25) is 0 Å². The minimum atomic E-state index is 0.750. The van der Waals surface area contributed by atoms with E-state index in [1.165, 1.54) is 0 Å². The van der Waals surface area contributed by atoms with Gasteiger partial charge in [0.05, 0.1) is 17.6 Å². The molecule has 3 heterocycles. The Bertz CT molecular complexity index is 983. The van der Waals surface area contributed by atoms with Crippen molar-refractivity contribution in [1.29, 1.82) is 0 Å². The van der Waals surface area contributed by atoms with Gasteiger partial charge in [0.2, 0.25) is 0 Å². The van der Waals surface area contributed by atoms with Gasteiger partial charge in [0.1, 0.15) is 5.82 Å². The van der Waals surface area contributed by atoms with Crippen molar-refractivity contribution in [2.24, 2.45) is 7.05 Å². The maximum Gasteiger partial charge on any atom is 0.174 e. The lowest BCUT2D eigenvalue weighted by Crippen LogP contribution is -2.01. The van der Waals surface area contributed by atoms with Crippen molar-refractivity contribution in [1.82, 2.24) is 29.1 Å². The van der Waals surface area contributed by atoms with Gasteiger partial charge in [-0.2, -0.15) is 5.10 Å². The first-order chi connectivity index (χ1) is 11.7. The third-order valence-corrected chi connectivity index (χ3v) is 4.08. The summed E-state index contributed by atoms with van der Waals surface area (Å²) in [6.07, 6.45) is 7.14. The molecule has 6 heteroatoms. The summed E-state index contributed by atoms with van der Waals surface area (Å²) in [4.78, 5) is 13.4. The molecule has 4 aromatic rings. The van der Waals surface area contributed by atoms with Gasteiger partial charge in [-0.15, -0.1) is 0 Å². The highest BCUT2D eigenvalue weighted by atomic mass is 15.3. The Hall–Kier alpha value is -3.02. The van der Waals surface area contributed by atoms with Crippen LogP contribution in [0, 0.1) is 6.92 Å². The highest BCUT2D eigenvalue weighted by molar-refractivity contribution is 5.58. The molecule has 0 N–H and O–H groups in total. The molecule has 0 aliphatic rings. The number of aromatic nitrogens is 6. The quantitative estimate of drug-likeness (QED) is 0.580. The summed E-state index contributed by atoms with van der Waals surface area (Å²) in [5.74, 6) is 1.85. The Morgan fingerprint density at radius 1 is 1.00 bits per heavy atom. The molecule has 0 unspecified atom stereocenters. The summed E-state index contributed by atoms with van der Waals surface area (Å²) in [5.41, 5.74) is 3.90. The Morgan fingerprint density at radius 3 is 2.62 bits per heavy atom. The molecular weight excluding hydrogens is 300 g/mol. The minimum absolute atomic E-state index is 0.750. The lowest BCUT2D eigenvalue weighted by molar-refractivity contribution is 0.742. The molecule has 0 bridgehead atoms. The third-order valence-electron chi connectivity index (χ3n) is 4.08. The van der Waals surface area contributed by atoms with E-state index in [4.69, 9.17) is 4.98 Å². The fourth-order valence-corrected chi connectivity index (χ4v) is 2.79. The molecule has 3 aromatic heterocycles. The average molecular weight is 318 g/mol. The van der Waals surface area contributed by atoms with Crippen LogP contribution in [0.4, 0.5) is 0 Å². The van der Waals surface area contributed by atoms with Gasteiger partial charge in [0, 0.05) is 37.8 Å². The van der Waals surface area contributed by atoms with E-state index in [1.54, 1.807) is 12.4 Å². The lowest BCUT2D eigenvalue weighted by Gasteiger charge is -1.98. The van der Waals surface area contributed by atoms with Crippen molar-refractivity contribution < 1.29 is 0 Å². The molecular formula is C18H18N6. The van der Waals surface area contributed by atoms with Gasteiger partial charge in [-0.25, -0.2) is 14.5 Å². The van der Waals surface area contributed by atoms with E-state index < -0.39 is 0 Å². The fraction of sp³-hybridized carbons (Fsp3) is 0.222. The van der Waals surface area contributed by atoms with Crippen molar-refractivity contribution in [3.8, 4) is 11.3 Å². The number of nitrogens with zero attached hydrogens (tertiary/aromatic N) is 6. The van der Waals surface area contributed by atoms with Crippen LogP contribution < -0.4 is 0 Å². The molecule has 6 nitrogen and oxygen atoms in total. The molecule has 4 rings (SSSR count). The second-order valence-electron chi connectivity index (χ2n) is 5.87. The summed E-state index contributed by atoms with van der Waals surface area (Å²) in [6.45, 7) is 1.98. The predicted octanol–water partition coefficient (Wildman–Crippen LogP) is 2.62. The molecule has 0 amide bonds. The van der Waals surface area contributed by atoms with Crippen LogP contribution in [-0.4, -0.2) is 29.1 Å². The fourth-order valence-electron chi connectivity index (χ4n) is 2.79. The van der Waals surface area contributed by atoms with E-state index in [2.05, 4.69) is 38.0 Å². The zero-order valence-corrected chi connectivity index (χ0v) is 13.7. The number of benzene rings is 1. The van der Waals surface area contributed by atoms with Crippen LogP contribution in [-0.2, 0) is 19.9 Å². The molecule has 0 saturated carbocycles. The van der Waals surface area contributed by atoms with Crippen LogP contribution in [0.5, 0.6) is 0 Å². The zero-order valence-electron chi connectivity index (χ0n) is 13.7. The Morgan fingerprint density at radius 2 is 1.83 bits per heavy atom. The number of fused-ring (bicyclic) bond motifs is 1. The second-order valence-corrected chi connectivity index (χ2v) is 5.87. The Labute approximate surface area is 139 Å². The van der Waals surface area contributed by atoms with Crippen molar-refractivity contribution >= 4 is 5.65 Å². The van der Waals surface area contributed by atoms with E-state index in [-0.39, 0.29) is 0 Å². The van der Waals surface area contributed by atoms with Gasteiger partial charge in [0.25, 0.3) is 0 Å². The van der Waals surface area contributed by atoms with E-state index in [0.717, 1.165) is 47.1 Å². The standard InChI is InChI=1S/C18H18N6/c1-13-10-19-11-18-21-16(22-24(13)18)8-9-17-20-15(12-23(17)2)14-6-4-3-5-7-14/h3-7,10-12H,8-9H2,1-2H3. The summed E-state index contributed by atoms with van der Waals surface area (Å²) < 4.78 is 3.90. The van der Waals surface area contributed by atoms with Crippen LogP contribution in [0.3, 0.4) is 0 Å². The van der Waals surface area contributed by atoms with Crippen LogP contribution in [0.25, 0.3) is 16.9 Å². The van der Waals surface area contributed by atoms with Crippen LogP contribution in [0.1, 0.15) is 17.3 Å². The molecule has 0 spiro atoms. The molecule has 24 heavy (non-hydrogen) atoms. The van der Waals surface area contributed by atoms with Gasteiger partial charge >= 0.3 is 0 Å². The third kappa shape index (κ3) is 2.67. The maximum absolute atomic E-state index is 4.75. The molecule has 0 radical (unpaired) electrons. The smallest absolute Gasteiger partial charge is 0.174 e.